The Bertz CT molecular complexity index is 1420. The minimum atomic E-state index is -0.545. The zero-order valence-electron chi connectivity index (χ0n) is 19.1. The van der Waals surface area contributed by atoms with Crippen molar-refractivity contribution in [1.29, 1.82) is 0 Å². The summed E-state index contributed by atoms with van der Waals surface area (Å²) in [4.78, 5) is 28.9. The summed E-state index contributed by atoms with van der Waals surface area (Å²) in [6, 6.07) is 15.7. The van der Waals surface area contributed by atoms with E-state index in [-0.39, 0.29) is 25.1 Å². The Labute approximate surface area is 214 Å². The van der Waals surface area contributed by atoms with Crippen LogP contribution in [0.25, 0.3) is 0 Å². The molecule has 8 heteroatoms. The van der Waals surface area contributed by atoms with Gasteiger partial charge in [0.05, 0.1) is 6.61 Å². The lowest BCUT2D eigenvalue weighted by Crippen LogP contribution is -2.55. The first-order chi connectivity index (χ1) is 17.1. The van der Waals surface area contributed by atoms with Crippen LogP contribution in [0.4, 0.5) is 0 Å². The highest BCUT2D eigenvalue weighted by Crippen LogP contribution is 2.48. The van der Waals surface area contributed by atoms with Gasteiger partial charge in [0.1, 0.15) is 18.5 Å². The largest absolute Gasteiger partial charge is 0.502 e. The fourth-order valence-electron chi connectivity index (χ4n) is 5.76. The van der Waals surface area contributed by atoms with E-state index >= 15 is 0 Å². The maximum Gasteiger partial charge on any atom is 0.277 e. The van der Waals surface area contributed by atoms with Crippen LogP contribution in [-0.4, -0.2) is 40.4 Å². The van der Waals surface area contributed by atoms with Crippen LogP contribution in [0, 0.1) is 11.8 Å². The minimum Gasteiger partial charge on any atom is -0.502 e. The van der Waals surface area contributed by atoms with Gasteiger partial charge in [0, 0.05) is 35.0 Å². The lowest BCUT2D eigenvalue weighted by Gasteiger charge is -2.44. The highest BCUT2D eigenvalue weighted by molar-refractivity contribution is 7.98. The van der Waals surface area contributed by atoms with Crippen molar-refractivity contribution in [2.24, 2.45) is 11.8 Å². The number of thioether (sulfide) groups is 1. The van der Waals surface area contributed by atoms with Gasteiger partial charge in [0.15, 0.2) is 11.4 Å². The summed E-state index contributed by atoms with van der Waals surface area (Å²) in [5.74, 6) is 1.90. The molecule has 3 aromatic rings. The highest BCUT2D eigenvalue weighted by Gasteiger charge is 2.43. The normalized spacial score (nSPS) is 23.8. The molecule has 0 radical (unpaired) electrons. The Kier molecular flexibility index (Phi) is 5.52. The molecule has 1 amide bonds. The van der Waals surface area contributed by atoms with Crippen LogP contribution in [0.1, 0.15) is 53.5 Å². The number of fused-ring (bicyclic) bond motifs is 8. The molecule has 2 bridgehead atoms. The van der Waals surface area contributed by atoms with Gasteiger partial charge in [-0.3, -0.25) is 19.3 Å². The molecule has 186 valence electrons. The number of aromatic nitrogens is 1. The summed E-state index contributed by atoms with van der Waals surface area (Å²) in [5.41, 5.74) is 2.88. The molecule has 1 fully saturated rings. The standard InChI is InChI=1S/C27H25N3O4S.CH4/c31-20-9-11-29-25(26(20)32)27(33)28-10-8-16-12-18(16)13-34-21-6-3-4-17-14-35-22-7-2-1-5-19(22)24(23(17)21)30(29)15-28;/h1-7,9,11,16,18,24,32H,8,10,12-15H2;1H4/t16-,18-,24?;/m0./s1. The first kappa shape index (κ1) is 23.0. The molecular weight excluding hydrogens is 474 g/mol. The Morgan fingerprint density at radius 1 is 1.03 bits per heavy atom. The molecule has 7 nitrogen and oxygen atoms in total. The van der Waals surface area contributed by atoms with E-state index in [2.05, 4.69) is 29.3 Å². The monoisotopic (exact) mass is 503 g/mol. The Morgan fingerprint density at radius 3 is 2.78 bits per heavy atom. The topological polar surface area (TPSA) is 75.0 Å². The summed E-state index contributed by atoms with van der Waals surface area (Å²) in [5, 5.41) is 12.9. The summed E-state index contributed by atoms with van der Waals surface area (Å²) in [6.07, 6.45) is 3.60. The Hall–Kier alpha value is -3.39. The summed E-state index contributed by atoms with van der Waals surface area (Å²) >= 11 is 1.80. The average Bonchev–Trinajstić information content (AvgIpc) is 3.65. The number of nitrogens with zero attached hydrogens (tertiary/aromatic N) is 3. The molecule has 36 heavy (non-hydrogen) atoms. The average molecular weight is 504 g/mol. The van der Waals surface area contributed by atoms with E-state index in [0.717, 1.165) is 35.5 Å². The molecule has 0 spiro atoms. The molecule has 3 aliphatic heterocycles. The number of carbonyl (C=O) groups is 1. The van der Waals surface area contributed by atoms with Crippen LogP contribution in [-0.2, 0) is 5.75 Å². The number of ether oxygens (including phenoxy) is 1. The van der Waals surface area contributed by atoms with Gasteiger partial charge in [0.25, 0.3) is 5.91 Å². The van der Waals surface area contributed by atoms with Crippen molar-refractivity contribution in [2.75, 3.05) is 24.8 Å². The van der Waals surface area contributed by atoms with E-state index < -0.39 is 11.2 Å². The number of carbonyl (C=O) groups excluding carboxylic acids is 1. The van der Waals surface area contributed by atoms with Crippen LogP contribution in [0.2, 0.25) is 0 Å². The fourth-order valence-corrected chi connectivity index (χ4v) is 6.85. The molecule has 7 rings (SSSR count). The van der Waals surface area contributed by atoms with Crippen LogP contribution >= 0.6 is 11.8 Å². The number of hydrogen-bond acceptors (Lipinski definition) is 6. The van der Waals surface area contributed by atoms with E-state index in [1.54, 1.807) is 27.5 Å². The molecule has 1 aromatic heterocycles. The van der Waals surface area contributed by atoms with Gasteiger partial charge in [-0.2, -0.15) is 0 Å². The van der Waals surface area contributed by atoms with E-state index in [0.29, 0.717) is 31.7 Å². The van der Waals surface area contributed by atoms with Crippen molar-refractivity contribution in [3.05, 3.63) is 87.3 Å². The van der Waals surface area contributed by atoms with Crippen LogP contribution in [0.3, 0.4) is 0 Å². The van der Waals surface area contributed by atoms with Crippen molar-refractivity contribution in [1.82, 2.24) is 9.58 Å². The molecule has 4 aliphatic rings. The second kappa shape index (κ2) is 8.62. The SMILES string of the molecule is C.O=C1c2c(O)c(=O)ccn2N2CN1CC[C@H]1C[C@H]1COc1cccc3c1C2c1ccccc1SC3. The number of pyridine rings is 1. The van der Waals surface area contributed by atoms with Crippen LogP contribution < -0.4 is 15.2 Å². The second-order valence-corrected chi connectivity index (χ2v) is 10.8. The van der Waals surface area contributed by atoms with Crippen molar-refractivity contribution in [2.45, 2.75) is 37.0 Å². The third-order valence-electron chi connectivity index (χ3n) is 7.75. The Morgan fingerprint density at radius 2 is 1.89 bits per heavy atom. The quantitative estimate of drug-likeness (QED) is 0.492. The molecule has 4 heterocycles. The van der Waals surface area contributed by atoms with Gasteiger partial charge in [-0.1, -0.05) is 37.8 Å². The first-order valence-corrected chi connectivity index (χ1v) is 13.1. The van der Waals surface area contributed by atoms with Gasteiger partial charge in [-0.15, -0.1) is 11.8 Å². The summed E-state index contributed by atoms with van der Waals surface area (Å²) in [6.45, 7) is 1.61. The molecule has 2 aromatic carbocycles. The minimum absolute atomic E-state index is 0. The van der Waals surface area contributed by atoms with Crippen LogP contribution in [0.15, 0.2) is 64.4 Å². The predicted molar refractivity (Wildman–Crippen MR) is 139 cm³/mol. The maximum absolute atomic E-state index is 13.5. The highest BCUT2D eigenvalue weighted by atomic mass is 32.2. The lowest BCUT2D eigenvalue weighted by atomic mass is 9.93. The predicted octanol–water partition coefficient (Wildman–Crippen LogP) is 4.36. The summed E-state index contributed by atoms with van der Waals surface area (Å²) < 4.78 is 8.18. The van der Waals surface area contributed by atoms with E-state index in [9.17, 15) is 14.7 Å². The Balaban J connectivity index is 0.00000240. The van der Waals surface area contributed by atoms with Gasteiger partial charge < -0.3 is 14.7 Å². The van der Waals surface area contributed by atoms with Gasteiger partial charge in [-0.05, 0) is 47.9 Å². The number of rotatable bonds is 0. The van der Waals surface area contributed by atoms with Crippen molar-refractivity contribution >= 4 is 17.7 Å². The van der Waals surface area contributed by atoms with E-state index in [1.807, 2.05) is 18.2 Å². The molecule has 0 saturated heterocycles. The molecule has 1 saturated carbocycles. The van der Waals surface area contributed by atoms with E-state index in [4.69, 9.17) is 4.74 Å². The van der Waals surface area contributed by atoms with Gasteiger partial charge in [-0.25, -0.2) is 0 Å². The van der Waals surface area contributed by atoms with Crippen molar-refractivity contribution in [3.8, 4) is 11.5 Å². The molecule has 1 unspecified atom stereocenters. The third-order valence-corrected chi connectivity index (χ3v) is 8.89. The second-order valence-electron chi connectivity index (χ2n) is 9.78. The first-order valence-electron chi connectivity index (χ1n) is 12.1. The lowest BCUT2D eigenvalue weighted by molar-refractivity contribution is 0.0671. The number of hydrogen-bond donors (Lipinski definition) is 1. The maximum atomic E-state index is 13.5. The number of aromatic hydroxyl groups is 1. The molecule has 1 aliphatic carbocycles. The van der Waals surface area contributed by atoms with Crippen molar-refractivity contribution in [3.63, 3.8) is 0 Å². The zero-order valence-corrected chi connectivity index (χ0v) is 19.9. The summed E-state index contributed by atoms with van der Waals surface area (Å²) in [7, 11) is 0. The van der Waals surface area contributed by atoms with Crippen molar-refractivity contribution < 1.29 is 14.6 Å². The number of benzene rings is 2. The fraction of sp³-hybridized carbons (Fsp3) is 0.357. The third kappa shape index (κ3) is 3.50. The molecule has 1 N–H and O–H groups in total. The zero-order chi connectivity index (χ0) is 23.7. The van der Waals surface area contributed by atoms with Gasteiger partial charge in [0.2, 0.25) is 5.43 Å². The number of amides is 1. The van der Waals surface area contributed by atoms with Crippen LogP contribution in [0.5, 0.6) is 11.5 Å². The molecular formula is C28H29N3O4S. The van der Waals surface area contributed by atoms with Gasteiger partial charge >= 0.3 is 0 Å². The smallest absolute Gasteiger partial charge is 0.277 e. The molecule has 3 atom stereocenters. The van der Waals surface area contributed by atoms with E-state index in [1.165, 1.54) is 16.5 Å².